The molecule has 0 saturated carbocycles. The third-order valence-corrected chi connectivity index (χ3v) is 5.69. The van der Waals surface area contributed by atoms with E-state index in [0.29, 0.717) is 6.54 Å². The molecule has 7 heteroatoms. The van der Waals surface area contributed by atoms with Gasteiger partial charge >= 0.3 is 0 Å². The Morgan fingerprint density at radius 2 is 1.79 bits per heavy atom. The Balaban J connectivity index is 1.27. The minimum Gasteiger partial charge on any atom is -0.360 e. The highest BCUT2D eigenvalue weighted by molar-refractivity contribution is 5.91. The molecule has 28 heavy (non-hydrogen) atoms. The van der Waals surface area contributed by atoms with Gasteiger partial charge in [-0.05, 0) is 54.7 Å². The maximum atomic E-state index is 12.4. The lowest BCUT2D eigenvalue weighted by Crippen LogP contribution is -3.15. The van der Waals surface area contributed by atoms with Crippen molar-refractivity contribution in [3.05, 3.63) is 63.7 Å². The molecule has 1 amide bonds. The summed E-state index contributed by atoms with van der Waals surface area (Å²) in [6.07, 6.45) is 3.46. The van der Waals surface area contributed by atoms with Crippen LogP contribution in [0.5, 0.6) is 0 Å². The molecular formula is C21H25N4O3+. The number of piperazine rings is 1. The van der Waals surface area contributed by atoms with E-state index in [0.717, 1.165) is 50.4 Å². The van der Waals surface area contributed by atoms with E-state index in [-0.39, 0.29) is 16.5 Å². The molecule has 146 valence electrons. The lowest BCUT2D eigenvalue weighted by atomic mass is 10.1. The summed E-state index contributed by atoms with van der Waals surface area (Å²) < 4.78 is 0. The van der Waals surface area contributed by atoms with Crippen LogP contribution in [0.1, 0.15) is 17.5 Å². The molecular weight excluding hydrogens is 356 g/mol. The summed E-state index contributed by atoms with van der Waals surface area (Å²) in [7, 11) is 0. The van der Waals surface area contributed by atoms with Gasteiger partial charge in [0.15, 0.2) is 6.54 Å². The Kier molecular flexibility index (Phi) is 5.25. The predicted octanol–water partition coefficient (Wildman–Crippen LogP) is 1.43. The lowest BCUT2D eigenvalue weighted by Gasteiger charge is -2.33. The van der Waals surface area contributed by atoms with Gasteiger partial charge in [-0.15, -0.1) is 0 Å². The molecule has 0 aromatic heterocycles. The lowest BCUT2D eigenvalue weighted by molar-refractivity contribution is -0.892. The predicted molar refractivity (Wildman–Crippen MR) is 108 cm³/mol. The van der Waals surface area contributed by atoms with E-state index in [1.54, 1.807) is 24.3 Å². The minimum atomic E-state index is -0.383. The van der Waals surface area contributed by atoms with E-state index >= 15 is 0 Å². The van der Waals surface area contributed by atoms with Gasteiger partial charge in [0.05, 0.1) is 31.1 Å². The summed E-state index contributed by atoms with van der Waals surface area (Å²) in [5.41, 5.74) is 4.77. The van der Waals surface area contributed by atoms with Crippen molar-refractivity contribution in [3.63, 3.8) is 0 Å². The second-order valence-corrected chi connectivity index (χ2v) is 7.57. The number of nitrogens with zero attached hydrogens (tertiary/aromatic N) is 2. The van der Waals surface area contributed by atoms with Gasteiger partial charge < -0.3 is 15.1 Å². The first-order valence-corrected chi connectivity index (χ1v) is 9.83. The molecule has 2 aromatic carbocycles. The summed E-state index contributed by atoms with van der Waals surface area (Å²) in [6, 6.07) is 12.9. The molecule has 1 aliphatic heterocycles. The van der Waals surface area contributed by atoms with Crippen LogP contribution in [0.25, 0.3) is 0 Å². The van der Waals surface area contributed by atoms with Gasteiger partial charge in [-0.2, -0.15) is 0 Å². The zero-order valence-electron chi connectivity index (χ0n) is 15.8. The number of hydrogen-bond donors (Lipinski definition) is 2. The highest BCUT2D eigenvalue weighted by Crippen LogP contribution is 2.24. The van der Waals surface area contributed by atoms with Crippen LogP contribution in [0.15, 0.2) is 42.5 Å². The molecule has 0 unspecified atom stereocenters. The van der Waals surface area contributed by atoms with Gasteiger partial charge in [0.2, 0.25) is 0 Å². The van der Waals surface area contributed by atoms with Crippen LogP contribution in [-0.4, -0.2) is 43.6 Å². The Bertz CT molecular complexity index is 874. The number of carbonyl (C=O) groups is 1. The summed E-state index contributed by atoms with van der Waals surface area (Å²) in [6.45, 7) is 3.87. The third kappa shape index (κ3) is 4.14. The summed E-state index contributed by atoms with van der Waals surface area (Å²) in [4.78, 5) is 26.3. The monoisotopic (exact) mass is 381 g/mol. The zero-order valence-corrected chi connectivity index (χ0v) is 15.8. The SMILES string of the molecule is O=C(C[NH+]1CCN(c2ccc([N+](=O)[O-])cc2)CC1)Nc1ccc2c(c1)CCC2. The Hall–Kier alpha value is -2.93. The van der Waals surface area contributed by atoms with E-state index in [2.05, 4.69) is 22.3 Å². The Morgan fingerprint density at radius 1 is 1.07 bits per heavy atom. The fourth-order valence-corrected chi connectivity index (χ4v) is 4.12. The number of aryl methyl sites for hydroxylation is 2. The molecule has 1 fully saturated rings. The molecule has 1 heterocycles. The average Bonchev–Trinajstić information content (AvgIpc) is 3.16. The second-order valence-electron chi connectivity index (χ2n) is 7.57. The third-order valence-electron chi connectivity index (χ3n) is 5.69. The van der Waals surface area contributed by atoms with Crippen LogP contribution >= 0.6 is 0 Å². The van der Waals surface area contributed by atoms with E-state index in [1.807, 2.05) is 6.07 Å². The van der Waals surface area contributed by atoms with Crippen molar-refractivity contribution >= 4 is 23.0 Å². The number of nitro benzene ring substituents is 1. The van der Waals surface area contributed by atoms with E-state index in [4.69, 9.17) is 0 Å². The maximum absolute atomic E-state index is 12.4. The van der Waals surface area contributed by atoms with Crippen LogP contribution < -0.4 is 15.1 Å². The van der Waals surface area contributed by atoms with Crippen LogP contribution in [0, 0.1) is 10.1 Å². The number of hydrogen-bond acceptors (Lipinski definition) is 4. The number of carbonyl (C=O) groups excluding carboxylic acids is 1. The molecule has 2 N–H and O–H groups in total. The Morgan fingerprint density at radius 3 is 2.50 bits per heavy atom. The van der Waals surface area contributed by atoms with Crippen molar-refractivity contribution in [3.8, 4) is 0 Å². The molecule has 0 radical (unpaired) electrons. The minimum absolute atomic E-state index is 0.0525. The van der Waals surface area contributed by atoms with E-state index < -0.39 is 0 Å². The average molecular weight is 381 g/mol. The normalized spacial score (nSPS) is 16.6. The van der Waals surface area contributed by atoms with Crippen LogP contribution in [0.2, 0.25) is 0 Å². The van der Waals surface area contributed by atoms with Crippen molar-refractivity contribution < 1.29 is 14.6 Å². The molecule has 0 bridgehead atoms. The quantitative estimate of drug-likeness (QED) is 0.607. The van der Waals surface area contributed by atoms with Crippen LogP contribution in [0.3, 0.4) is 0 Å². The topological polar surface area (TPSA) is 79.9 Å². The summed E-state index contributed by atoms with van der Waals surface area (Å²) in [5, 5.41) is 13.8. The van der Waals surface area contributed by atoms with Crippen LogP contribution in [-0.2, 0) is 17.6 Å². The van der Waals surface area contributed by atoms with Gasteiger partial charge in [-0.1, -0.05) is 6.07 Å². The molecule has 4 rings (SSSR count). The Labute approximate surface area is 164 Å². The van der Waals surface area contributed by atoms with E-state index in [1.165, 1.54) is 22.4 Å². The number of non-ortho nitro benzene ring substituents is 1. The standard InChI is InChI=1S/C21H24N4O3/c26-21(22-18-5-4-16-2-1-3-17(16)14-18)15-23-10-12-24(13-11-23)19-6-8-20(9-7-19)25(27)28/h4-9,14H,1-3,10-13,15H2,(H,22,26)/p+1. The molecule has 2 aromatic rings. The van der Waals surface area contributed by atoms with Gasteiger partial charge in [-0.3, -0.25) is 14.9 Å². The van der Waals surface area contributed by atoms with Crippen molar-refractivity contribution in [2.45, 2.75) is 19.3 Å². The fraction of sp³-hybridized carbons (Fsp3) is 0.381. The van der Waals surface area contributed by atoms with Crippen molar-refractivity contribution in [1.29, 1.82) is 0 Å². The van der Waals surface area contributed by atoms with Gasteiger partial charge in [0.25, 0.3) is 11.6 Å². The highest BCUT2D eigenvalue weighted by Gasteiger charge is 2.23. The van der Waals surface area contributed by atoms with E-state index in [9.17, 15) is 14.9 Å². The highest BCUT2D eigenvalue weighted by atomic mass is 16.6. The number of rotatable bonds is 5. The molecule has 0 spiro atoms. The van der Waals surface area contributed by atoms with Gasteiger partial charge in [0, 0.05) is 23.5 Å². The first kappa shape index (κ1) is 18.4. The van der Waals surface area contributed by atoms with Gasteiger partial charge in [-0.25, -0.2) is 0 Å². The van der Waals surface area contributed by atoms with Crippen molar-refractivity contribution in [1.82, 2.24) is 0 Å². The van der Waals surface area contributed by atoms with Crippen molar-refractivity contribution in [2.24, 2.45) is 0 Å². The number of anilines is 2. The maximum Gasteiger partial charge on any atom is 0.279 e. The number of quaternary nitrogens is 1. The smallest absolute Gasteiger partial charge is 0.279 e. The largest absolute Gasteiger partial charge is 0.360 e. The number of nitro groups is 1. The first-order valence-electron chi connectivity index (χ1n) is 9.83. The molecule has 2 aliphatic rings. The zero-order chi connectivity index (χ0) is 19.5. The molecule has 0 atom stereocenters. The summed E-state index contributed by atoms with van der Waals surface area (Å²) >= 11 is 0. The molecule has 1 saturated heterocycles. The van der Waals surface area contributed by atoms with Crippen molar-refractivity contribution in [2.75, 3.05) is 42.9 Å². The second kappa shape index (κ2) is 7.98. The first-order chi connectivity index (χ1) is 13.6. The van der Waals surface area contributed by atoms with Crippen LogP contribution in [0.4, 0.5) is 17.1 Å². The molecule has 7 nitrogen and oxygen atoms in total. The number of benzene rings is 2. The number of fused-ring (bicyclic) bond motifs is 1. The van der Waals surface area contributed by atoms with Gasteiger partial charge in [0.1, 0.15) is 0 Å². The number of amides is 1. The number of nitrogens with one attached hydrogen (secondary N) is 2. The summed E-state index contributed by atoms with van der Waals surface area (Å²) in [5.74, 6) is 0.0525. The fourth-order valence-electron chi connectivity index (χ4n) is 4.12. The molecule has 1 aliphatic carbocycles.